The zero-order chi connectivity index (χ0) is 14.6. The maximum Gasteiger partial charge on any atom is 0.405 e. The number of hydrogen-bond donors (Lipinski definition) is 1. The lowest BCUT2D eigenvalue weighted by Gasteiger charge is -2.40. The van der Waals surface area contributed by atoms with E-state index >= 15 is 0 Å². The lowest BCUT2D eigenvalue weighted by atomic mass is 9.97. The van der Waals surface area contributed by atoms with Gasteiger partial charge in [-0.1, -0.05) is 6.92 Å². The van der Waals surface area contributed by atoms with Crippen LogP contribution in [0.15, 0.2) is 0 Å². The molecule has 1 fully saturated rings. The predicted octanol–water partition coefficient (Wildman–Crippen LogP) is 2.06. The van der Waals surface area contributed by atoms with E-state index in [1.165, 1.54) is 4.90 Å². The van der Waals surface area contributed by atoms with Crippen molar-refractivity contribution in [2.75, 3.05) is 26.7 Å². The van der Waals surface area contributed by atoms with Crippen molar-refractivity contribution in [2.24, 2.45) is 0 Å². The zero-order valence-electron chi connectivity index (χ0n) is 11.6. The molecular formula is C12H22F3N3O. The van der Waals surface area contributed by atoms with Gasteiger partial charge < -0.3 is 15.1 Å². The molecule has 1 heterocycles. The summed E-state index contributed by atoms with van der Waals surface area (Å²) in [7, 11) is 1.56. The van der Waals surface area contributed by atoms with Crippen molar-refractivity contribution >= 4 is 6.03 Å². The highest BCUT2D eigenvalue weighted by molar-refractivity contribution is 5.74. The second-order valence-corrected chi connectivity index (χ2v) is 5.04. The molecule has 0 radical (unpaired) electrons. The van der Waals surface area contributed by atoms with Crippen LogP contribution in [-0.4, -0.2) is 60.8 Å². The number of likely N-dealkylation sites (tertiary alicyclic amines) is 1. The van der Waals surface area contributed by atoms with Gasteiger partial charge in [-0.05, 0) is 26.3 Å². The van der Waals surface area contributed by atoms with Crippen LogP contribution in [0.4, 0.5) is 18.0 Å². The van der Waals surface area contributed by atoms with Crippen molar-refractivity contribution in [3.8, 4) is 0 Å². The summed E-state index contributed by atoms with van der Waals surface area (Å²) in [6.45, 7) is 4.71. The Labute approximate surface area is 111 Å². The van der Waals surface area contributed by atoms with E-state index < -0.39 is 18.8 Å². The highest BCUT2D eigenvalue weighted by Gasteiger charge is 2.32. The van der Waals surface area contributed by atoms with Crippen LogP contribution in [0.3, 0.4) is 0 Å². The highest BCUT2D eigenvalue weighted by Crippen LogP contribution is 2.21. The molecule has 2 atom stereocenters. The molecule has 112 valence electrons. The van der Waals surface area contributed by atoms with Crippen molar-refractivity contribution < 1.29 is 18.0 Å². The molecule has 0 bridgehead atoms. The van der Waals surface area contributed by atoms with Crippen LogP contribution in [0, 0.1) is 0 Å². The van der Waals surface area contributed by atoms with E-state index in [4.69, 9.17) is 0 Å². The van der Waals surface area contributed by atoms with Gasteiger partial charge in [0.2, 0.25) is 0 Å². The van der Waals surface area contributed by atoms with Gasteiger partial charge in [-0.25, -0.2) is 4.79 Å². The molecule has 19 heavy (non-hydrogen) atoms. The normalized spacial score (nSPS) is 25.2. The number of rotatable bonds is 3. The van der Waals surface area contributed by atoms with Crippen molar-refractivity contribution in [3.05, 3.63) is 0 Å². The fourth-order valence-corrected chi connectivity index (χ4v) is 2.48. The Kier molecular flexibility index (Phi) is 5.46. The third-order valence-corrected chi connectivity index (χ3v) is 3.70. The second-order valence-electron chi connectivity index (χ2n) is 5.04. The van der Waals surface area contributed by atoms with Crippen LogP contribution >= 0.6 is 0 Å². The molecule has 0 saturated carbocycles. The molecule has 2 amide bonds. The Hall–Kier alpha value is -0.980. The number of nitrogens with one attached hydrogen (secondary N) is 1. The van der Waals surface area contributed by atoms with Crippen LogP contribution < -0.4 is 5.32 Å². The summed E-state index contributed by atoms with van der Waals surface area (Å²) in [6.07, 6.45) is -2.77. The van der Waals surface area contributed by atoms with E-state index in [1.807, 2.05) is 5.32 Å². The number of carbonyl (C=O) groups excluding carboxylic acids is 1. The van der Waals surface area contributed by atoms with Gasteiger partial charge in [-0.3, -0.25) is 0 Å². The molecule has 0 aromatic rings. The van der Waals surface area contributed by atoms with Gasteiger partial charge in [0.25, 0.3) is 0 Å². The Bertz CT molecular complexity index is 309. The van der Waals surface area contributed by atoms with Gasteiger partial charge in [0, 0.05) is 25.7 Å². The maximum atomic E-state index is 12.0. The standard InChI is InChI=1S/C12H22F3N3O/c1-4-18-6-5-10(7-9(18)2)17(3)11(19)16-8-12(13,14)15/h9-10H,4-8H2,1-3H3,(H,16,19)/t9-,10-/m0/s1. The minimum absolute atomic E-state index is 0.00559. The Balaban J connectivity index is 2.45. The van der Waals surface area contributed by atoms with E-state index in [1.54, 1.807) is 7.05 Å². The number of amides is 2. The van der Waals surface area contributed by atoms with Crippen LogP contribution in [0.1, 0.15) is 26.7 Å². The van der Waals surface area contributed by atoms with Crippen molar-refractivity contribution in [3.63, 3.8) is 0 Å². The molecule has 1 rings (SSSR count). The second kappa shape index (κ2) is 6.45. The number of piperidine rings is 1. The molecule has 0 unspecified atom stereocenters. The molecule has 0 spiro atoms. The van der Waals surface area contributed by atoms with Gasteiger partial charge in [0.1, 0.15) is 6.54 Å². The average molecular weight is 281 g/mol. The molecule has 0 aromatic heterocycles. The monoisotopic (exact) mass is 281 g/mol. The molecule has 1 aliphatic rings. The van der Waals surface area contributed by atoms with Gasteiger partial charge in [-0.2, -0.15) is 13.2 Å². The van der Waals surface area contributed by atoms with E-state index in [0.29, 0.717) is 6.04 Å². The molecule has 4 nitrogen and oxygen atoms in total. The van der Waals surface area contributed by atoms with E-state index in [0.717, 1.165) is 25.9 Å². The third-order valence-electron chi connectivity index (χ3n) is 3.70. The SMILES string of the molecule is CCN1CC[C@H](N(C)C(=O)NCC(F)(F)F)C[C@@H]1C. The smallest absolute Gasteiger partial charge is 0.329 e. The maximum absolute atomic E-state index is 12.0. The van der Waals surface area contributed by atoms with Crippen molar-refractivity contribution in [2.45, 2.75) is 44.9 Å². The first-order valence-corrected chi connectivity index (χ1v) is 6.56. The van der Waals surface area contributed by atoms with E-state index in [9.17, 15) is 18.0 Å². The first-order chi connectivity index (χ1) is 8.74. The van der Waals surface area contributed by atoms with Crippen LogP contribution in [-0.2, 0) is 0 Å². The summed E-state index contributed by atoms with van der Waals surface area (Å²) in [5.74, 6) is 0. The summed E-state index contributed by atoms with van der Waals surface area (Å²) >= 11 is 0. The molecular weight excluding hydrogens is 259 g/mol. The van der Waals surface area contributed by atoms with Crippen LogP contribution in [0.2, 0.25) is 0 Å². The third kappa shape index (κ3) is 4.89. The molecule has 1 N–H and O–H groups in total. The van der Waals surface area contributed by atoms with Gasteiger partial charge in [-0.15, -0.1) is 0 Å². The van der Waals surface area contributed by atoms with Gasteiger partial charge >= 0.3 is 12.2 Å². The molecule has 1 saturated heterocycles. The highest BCUT2D eigenvalue weighted by atomic mass is 19.4. The Morgan fingerprint density at radius 3 is 2.58 bits per heavy atom. The minimum atomic E-state index is -4.37. The number of halogens is 3. The van der Waals surface area contributed by atoms with Gasteiger partial charge in [0.15, 0.2) is 0 Å². The quantitative estimate of drug-likeness (QED) is 0.859. The van der Waals surface area contributed by atoms with Crippen molar-refractivity contribution in [1.29, 1.82) is 0 Å². The molecule has 0 aromatic carbocycles. The minimum Gasteiger partial charge on any atom is -0.329 e. The van der Waals surface area contributed by atoms with E-state index in [2.05, 4.69) is 18.7 Å². The van der Waals surface area contributed by atoms with Gasteiger partial charge in [0.05, 0.1) is 0 Å². The fraction of sp³-hybridized carbons (Fsp3) is 0.917. The first kappa shape index (κ1) is 16.1. The first-order valence-electron chi connectivity index (χ1n) is 6.56. The number of carbonyl (C=O) groups is 1. The Morgan fingerprint density at radius 1 is 1.47 bits per heavy atom. The number of alkyl halides is 3. The summed E-state index contributed by atoms with van der Waals surface area (Å²) in [5, 5.41) is 1.91. The van der Waals surface area contributed by atoms with E-state index in [-0.39, 0.29) is 6.04 Å². The number of nitrogens with zero attached hydrogens (tertiary/aromatic N) is 2. The summed E-state index contributed by atoms with van der Waals surface area (Å²) in [4.78, 5) is 15.3. The lowest BCUT2D eigenvalue weighted by Crippen LogP contribution is -2.52. The zero-order valence-corrected chi connectivity index (χ0v) is 11.6. The predicted molar refractivity (Wildman–Crippen MR) is 66.9 cm³/mol. The fourth-order valence-electron chi connectivity index (χ4n) is 2.48. The number of hydrogen-bond acceptors (Lipinski definition) is 2. The van der Waals surface area contributed by atoms with Crippen molar-refractivity contribution in [1.82, 2.24) is 15.1 Å². The van der Waals surface area contributed by atoms with Crippen LogP contribution in [0.5, 0.6) is 0 Å². The number of urea groups is 1. The molecule has 0 aliphatic carbocycles. The molecule has 7 heteroatoms. The molecule has 1 aliphatic heterocycles. The Morgan fingerprint density at radius 2 is 2.11 bits per heavy atom. The summed E-state index contributed by atoms with van der Waals surface area (Å²) in [6, 6.07) is -0.299. The lowest BCUT2D eigenvalue weighted by molar-refractivity contribution is -0.123. The average Bonchev–Trinajstić information content (AvgIpc) is 2.34. The summed E-state index contributed by atoms with van der Waals surface area (Å²) < 4.78 is 36.1. The topological polar surface area (TPSA) is 35.6 Å². The summed E-state index contributed by atoms with van der Waals surface area (Å²) in [5.41, 5.74) is 0. The van der Waals surface area contributed by atoms with Crippen LogP contribution in [0.25, 0.3) is 0 Å². The largest absolute Gasteiger partial charge is 0.405 e.